The second kappa shape index (κ2) is 7.68. The average Bonchev–Trinajstić information content (AvgIpc) is 3.31. The van der Waals surface area contributed by atoms with Crippen LogP contribution < -0.4 is 4.74 Å². The van der Waals surface area contributed by atoms with Gasteiger partial charge in [0.15, 0.2) is 11.6 Å². The highest BCUT2D eigenvalue weighted by Gasteiger charge is 2.28. The quantitative estimate of drug-likeness (QED) is 0.477. The summed E-state index contributed by atoms with van der Waals surface area (Å²) in [6, 6.07) is 3.30. The van der Waals surface area contributed by atoms with E-state index < -0.39 is 11.6 Å². The summed E-state index contributed by atoms with van der Waals surface area (Å²) in [6.07, 6.45) is 3.02. The molecule has 1 aromatic carbocycles. The average molecular weight is 427 g/mol. The molecule has 0 radical (unpaired) electrons. The Balaban J connectivity index is 1.84. The van der Waals surface area contributed by atoms with Crippen LogP contribution in [-0.2, 0) is 12.0 Å². The van der Waals surface area contributed by atoms with Gasteiger partial charge in [0.2, 0.25) is 5.88 Å². The minimum atomic E-state index is -0.622. The molecule has 0 bridgehead atoms. The van der Waals surface area contributed by atoms with Gasteiger partial charge in [0.25, 0.3) is 0 Å². The highest BCUT2D eigenvalue weighted by Crippen LogP contribution is 2.36. The van der Waals surface area contributed by atoms with Crippen LogP contribution in [0.2, 0.25) is 0 Å². The van der Waals surface area contributed by atoms with E-state index in [-0.39, 0.29) is 29.5 Å². The van der Waals surface area contributed by atoms with E-state index in [4.69, 9.17) is 4.74 Å². The molecule has 0 saturated heterocycles. The first-order valence-corrected chi connectivity index (χ1v) is 9.88. The molecule has 0 fully saturated rings. The lowest BCUT2D eigenvalue weighted by Crippen LogP contribution is -2.15. The fraction of sp³-hybridized carbons (Fsp3) is 0.381. The van der Waals surface area contributed by atoms with Crippen molar-refractivity contribution in [2.45, 2.75) is 52.7 Å². The van der Waals surface area contributed by atoms with Gasteiger partial charge in [-0.2, -0.15) is 10.2 Å². The van der Waals surface area contributed by atoms with E-state index in [0.29, 0.717) is 17.2 Å². The predicted molar refractivity (Wildman–Crippen MR) is 110 cm³/mol. The van der Waals surface area contributed by atoms with Gasteiger partial charge in [-0.15, -0.1) is 10.2 Å². The second-order valence-electron chi connectivity index (χ2n) is 8.52. The number of fused-ring (bicyclic) bond motifs is 1. The zero-order chi connectivity index (χ0) is 22.3. The first kappa shape index (κ1) is 20.8. The van der Waals surface area contributed by atoms with Gasteiger partial charge in [-0.1, -0.05) is 20.8 Å². The smallest absolute Gasteiger partial charge is 0.238 e. The first-order valence-electron chi connectivity index (χ1n) is 9.88. The third-order valence-corrected chi connectivity index (χ3v) is 4.82. The van der Waals surface area contributed by atoms with E-state index >= 15 is 0 Å². The molecule has 0 saturated carbocycles. The number of ether oxygens (including phenoxy) is 1. The lowest BCUT2D eigenvalue weighted by molar-refractivity contribution is 0.264. The van der Waals surface area contributed by atoms with E-state index in [1.165, 1.54) is 17.0 Å². The molecule has 0 unspecified atom stereocenters. The summed E-state index contributed by atoms with van der Waals surface area (Å²) in [4.78, 5) is 4.26. The molecule has 3 aromatic heterocycles. The van der Waals surface area contributed by atoms with Gasteiger partial charge in [0, 0.05) is 11.6 Å². The maximum Gasteiger partial charge on any atom is 0.238 e. The van der Waals surface area contributed by atoms with E-state index in [1.807, 2.05) is 34.6 Å². The van der Waals surface area contributed by atoms with E-state index in [2.05, 4.69) is 25.4 Å². The number of aromatic nitrogens is 7. The van der Waals surface area contributed by atoms with Crippen molar-refractivity contribution in [1.82, 2.24) is 34.6 Å². The van der Waals surface area contributed by atoms with E-state index in [9.17, 15) is 8.78 Å². The number of halogens is 2. The molecule has 3 heterocycles. The van der Waals surface area contributed by atoms with Crippen LogP contribution in [0.5, 0.6) is 5.88 Å². The molecule has 0 aliphatic heterocycles. The fourth-order valence-corrected chi connectivity index (χ4v) is 3.46. The van der Waals surface area contributed by atoms with Crippen LogP contribution >= 0.6 is 0 Å². The number of rotatable bonds is 5. The zero-order valence-corrected chi connectivity index (χ0v) is 18.0. The van der Waals surface area contributed by atoms with Gasteiger partial charge >= 0.3 is 0 Å². The Kier molecular flexibility index (Phi) is 5.16. The molecule has 4 aromatic rings. The Bertz CT molecular complexity index is 1240. The van der Waals surface area contributed by atoms with E-state index in [0.717, 1.165) is 23.8 Å². The molecular formula is C21H23F2N7O. The normalized spacial score (nSPS) is 12.1. The lowest BCUT2D eigenvalue weighted by atomic mass is 9.88. The number of benzene rings is 1. The molecule has 4 rings (SSSR count). The van der Waals surface area contributed by atoms with Crippen molar-refractivity contribution in [1.29, 1.82) is 0 Å². The van der Waals surface area contributed by atoms with Crippen LogP contribution in [0, 0.1) is 11.6 Å². The maximum atomic E-state index is 14.5. The third-order valence-electron chi connectivity index (χ3n) is 4.82. The van der Waals surface area contributed by atoms with Gasteiger partial charge in [0.05, 0.1) is 17.3 Å². The van der Waals surface area contributed by atoms with Crippen molar-refractivity contribution < 1.29 is 13.5 Å². The van der Waals surface area contributed by atoms with Crippen molar-refractivity contribution in [3.63, 3.8) is 0 Å². The van der Waals surface area contributed by atoms with Gasteiger partial charge in [-0.05, 0) is 37.5 Å². The third kappa shape index (κ3) is 3.85. The van der Waals surface area contributed by atoms with Crippen LogP contribution in [0.25, 0.3) is 16.9 Å². The summed E-state index contributed by atoms with van der Waals surface area (Å²) in [5.41, 5.74) is 0.966. The molecule has 0 amide bonds. The highest BCUT2D eigenvalue weighted by molar-refractivity contribution is 5.66. The SMILES string of the molecule is CC(C)n1ncnc1COc1nn2c(-c3cc(F)ccc3F)nncc2c1C(C)(C)C. The van der Waals surface area contributed by atoms with Gasteiger partial charge in [-0.25, -0.2) is 23.0 Å². The van der Waals surface area contributed by atoms with Crippen LogP contribution in [0.3, 0.4) is 0 Å². The Morgan fingerprint density at radius 3 is 2.65 bits per heavy atom. The summed E-state index contributed by atoms with van der Waals surface area (Å²) < 4.78 is 37.5. The number of hydrogen-bond acceptors (Lipinski definition) is 6. The molecule has 162 valence electrons. The standard InChI is InChI=1S/C21H23F2N7O/c1-12(2)29-17(24-11-26-29)10-31-20-18(21(3,4)5)16-9-25-27-19(30(16)28-20)14-8-13(22)6-7-15(14)23/h6-9,11-12H,10H2,1-5H3. The van der Waals surface area contributed by atoms with Crippen LogP contribution in [0.4, 0.5) is 8.78 Å². The highest BCUT2D eigenvalue weighted by atomic mass is 19.1. The molecule has 0 aliphatic carbocycles. The lowest BCUT2D eigenvalue weighted by Gasteiger charge is -2.19. The van der Waals surface area contributed by atoms with Crippen molar-refractivity contribution >= 4 is 5.52 Å². The summed E-state index contributed by atoms with van der Waals surface area (Å²) >= 11 is 0. The molecule has 0 aliphatic rings. The molecule has 0 N–H and O–H groups in total. The minimum absolute atomic E-state index is 0.0350. The predicted octanol–water partition coefficient (Wildman–Crippen LogP) is 4.12. The topological polar surface area (TPSA) is 83.0 Å². The Labute approximate surface area is 177 Å². The molecule has 31 heavy (non-hydrogen) atoms. The van der Waals surface area contributed by atoms with Gasteiger partial charge in [-0.3, -0.25) is 0 Å². The Morgan fingerprint density at radius 2 is 1.94 bits per heavy atom. The van der Waals surface area contributed by atoms with Crippen molar-refractivity contribution in [3.05, 3.63) is 53.7 Å². The molecule has 0 atom stereocenters. The molecule has 10 heteroatoms. The zero-order valence-electron chi connectivity index (χ0n) is 18.0. The number of nitrogens with zero attached hydrogens (tertiary/aromatic N) is 7. The van der Waals surface area contributed by atoms with Gasteiger partial charge < -0.3 is 4.74 Å². The minimum Gasteiger partial charge on any atom is -0.468 e. The molecular weight excluding hydrogens is 404 g/mol. The monoisotopic (exact) mass is 427 g/mol. The van der Waals surface area contributed by atoms with Crippen LogP contribution in [0.1, 0.15) is 52.0 Å². The van der Waals surface area contributed by atoms with E-state index in [1.54, 1.807) is 4.68 Å². The molecule has 0 spiro atoms. The summed E-state index contributed by atoms with van der Waals surface area (Å²) in [5, 5.41) is 16.8. The molecule has 8 nitrogen and oxygen atoms in total. The Morgan fingerprint density at radius 1 is 1.16 bits per heavy atom. The number of hydrogen-bond donors (Lipinski definition) is 0. The summed E-state index contributed by atoms with van der Waals surface area (Å²) in [5.74, 6) is -0.121. The van der Waals surface area contributed by atoms with Crippen LogP contribution in [0.15, 0.2) is 30.7 Å². The summed E-state index contributed by atoms with van der Waals surface area (Å²) in [7, 11) is 0. The maximum absolute atomic E-state index is 14.5. The van der Waals surface area contributed by atoms with Crippen molar-refractivity contribution in [3.8, 4) is 17.3 Å². The second-order valence-corrected chi connectivity index (χ2v) is 8.52. The van der Waals surface area contributed by atoms with Gasteiger partial charge in [0.1, 0.15) is 24.6 Å². The van der Waals surface area contributed by atoms with Crippen molar-refractivity contribution in [2.24, 2.45) is 0 Å². The Hall–Kier alpha value is -3.43. The van der Waals surface area contributed by atoms with Crippen LogP contribution in [-0.4, -0.2) is 34.6 Å². The largest absolute Gasteiger partial charge is 0.468 e. The summed E-state index contributed by atoms with van der Waals surface area (Å²) in [6.45, 7) is 10.2. The fourth-order valence-electron chi connectivity index (χ4n) is 3.46. The van der Waals surface area contributed by atoms with Crippen molar-refractivity contribution in [2.75, 3.05) is 0 Å². The first-order chi connectivity index (χ1) is 14.7.